The molecule has 0 heterocycles. The summed E-state index contributed by atoms with van der Waals surface area (Å²) in [7, 11) is 0. The fourth-order valence-electron chi connectivity index (χ4n) is 2.40. The molecule has 0 saturated heterocycles. The van der Waals surface area contributed by atoms with E-state index in [0.29, 0.717) is 25.1 Å². The van der Waals surface area contributed by atoms with E-state index in [2.05, 4.69) is 10.6 Å². The highest BCUT2D eigenvalue weighted by Crippen LogP contribution is 2.03. The van der Waals surface area contributed by atoms with Crippen molar-refractivity contribution in [1.29, 1.82) is 0 Å². The zero-order chi connectivity index (χ0) is 17.9. The molecule has 5 nitrogen and oxygen atoms in total. The van der Waals surface area contributed by atoms with Gasteiger partial charge in [-0.3, -0.25) is 4.79 Å². The molecule has 25 heavy (non-hydrogen) atoms. The molecule has 132 valence electrons. The first kappa shape index (κ1) is 18.7. The lowest BCUT2D eigenvalue weighted by Crippen LogP contribution is -2.43. The van der Waals surface area contributed by atoms with Crippen LogP contribution in [-0.4, -0.2) is 31.1 Å². The van der Waals surface area contributed by atoms with Gasteiger partial charge in [-0.15, -0.1) is 0 Å². The Bertz CT molecular complexity index is 659. The molecule has 0 aliphatic carbocycles. The van der Waals surface area contributed by atoms with Crippen LogP contribution in [0.3, 0.4) is 0 Å². The predicted molar refractivity (Wildman–Crippen MR) is 97.1 cm³/mol. The Morgan fingerprint density at radius 1 is 1.00 bits per heavy atom. The number of ether oxygens (including phenoxy) is 1. The van der Waals surface area contributed by atoms with Gasteiger partial charge in [-0.1, -0.05) is 48.5 Å². The zero-order valence-electron chi connectivity index (χ0n) is 14.4. The van der Waals surface area contributed by atoms with Crippen LogP contribution in [0.2, 0.25) is 0 Å². The monoisotopic (exact) mass is 340 g/mol. The van der Waals surface area contributed by atoms with E-state index < -0.39 is 12.0 Å². The topological polar surface area (TPSA) is 67.4 Å². The second-order valence-electron chi connectivity index (χ2n) is 5.60. The van der Waals surface area contributed by atoms with Crippen LogP contribution >= 0.6 is 0 Å². The molecule has 1 amide bonds. The minimum atomic E-state index is -0.670. The average molecular weight is 340 g/mol. The molecule has 5 heteroatoms. The third-order valence-corrected chi connectivity index (χ3v) is 3.69. The van der Waals surface area contributed by atoms with Gasteiger partial charge in [0.2, 0.25) is 0 Å². The molecule has 2 rings (SSSR count). The normalized spacial score (nSPS) is 11.6. The van der Waals surface area contributed by atoms with E-state index >= 15 is 0 Å². The molecule has 1 unspecified atom stereocenters. The number of amides is 1. The maximum atomic E-state index is 12.3. The first-order valence-corrected chi connectivity index (χ1v) is 8.48. The van der Waals surface area contributed by atoms with Gasteiger partial charge in [0.15, 0.2) is 0 Å². The standard InChI is InChI=1S/C20H24N2O3/c1-2-25-20(24)18(22-19(23)17-11-7-4-8-12-17)13-14-21-15-16-9-5-3-6-10-16/h3-12,18,21H,2,13-15H2,1H3,(H,22,23). The molecule has 2 N–H and O–H groups in total. The highest BCUT2D eigenvalue weighted by molar-refractivity contribution is 5.96. The van der Waals surface area contributed by atoms with Gasteiger partial charge in [-0.25, -0.2) is 4.79 Å². The van der Waals surface area contributed by atoms with Crippen LogP contribution < -0.4 is 10.6 Å². The van der Waals surface area contributed by atoms with Crippen LogP contribution in [0.1, 0.15) is 29.3 Å². The molecule has 0 fully saturated rings. The van der Waals surface area contributed by atoms with Crippen LogP contribution in [0, 0.1) is 0 Å². The fraction of sp³-hybridized carbons (Fsp3) is 0.300. The van der Waals surface area contributed by atoms with E-state index in [4.69, 9.17) is 4.74 Å². The number of rotatable bonds is 9. The maximum absolute atomic E-state index is 12.3. The maximum Gasteiger partial charge on any atom is 0.328 e. The Labute approximate surface area is 148 Å². The third kappa shape index (κ3) is 6.39. The predicted octanol–water partition coefficient (Wildman–Crippen LogP) is 2.53. The first-order valence-electron chi connectivity index (χ1n) is 8.48. The molecular formula is C20H24N2O3. The van der Waals surface area contributed by atoms with Crippen molar-refractivity contribution >= 4 is 11.9 Å². The highest BCUT2D eigenvalue weighted by atomic mass is 16.5. The Hall–Kier alpha value is -2.66. The van der Waals surface area contributed by atoms with Crippen molar-refractivity contribution < 1.29 is 14.3 Å². The molecule has 0 saturated carbocycles. The zero-order valence-corrected chi connectivity index (χ0v) is 14.4. The Kier molecular flexibility index (Phi) is 7.66. The van der Waals surface area contributed by atoms with Crippen LogP contribution in [-0.2, 0) is 16.1 Å². The number of esters is 1. The smallest absolute Gasteiger partial charge is 0.328 e. The Morgan fingerprint density at radius 3 is 2.28 bits per heavy atom. The van der Waals surface area contributed by atoms with E-state index in [0.717, 1.165) is 0 Å². The summed E-state index contributed by atoms with van der Waals surface area (Å²) < 4.78 is 5.07. The lowest BCUT2D eigenvalue weighted by atomic mass is 10.1. The van der Waals surface area contributed by atoms with Gasteiger partial charge < -0.3 is 15.4 Å². The summed E-state index contributed by atoms with van der Waals surface area (Å²) in [6, 6.07) is 18.2. The van der Waals surface area contributed by atoms with Gasteiger partial charge in [-0.05, 0) is 37.6 Å². The Balaban J connectivity index is 1.87. The summed E-state index contributed by atoms with van der Waals surface area (Å²) in [4.78, 5) is 24.4. The van der Waals surface area contributed by atoms with Gasteiger partial charge >= 0.3 is 5.97 Å². The molecule has 2 aromatic carbocycles. The van der Waals surface area contributed by atoms with E-state index in [1.165, 1.54) is 5.56 Å². The number of nitrogens with one attached hydrogen (secondary N) is 2. The van der Waals surface area contributed by atoms with E-state index in [-0.39, 0.29) is 12.5 Å². The summed E-state index contributed by atoms with van der Waals surface area (Å²) in [5.74, 6) is -0.685. The summed E-state index contributed by atoms with van der Waals surface area (Å²) in [5.41, 5.74) is 1.69. The first-order chi connectivity index (χ1) is 12.2. The second-order valence-corrected chi connectivity index (χ2v) is 5.60. The van der Waals surface area contributed by atoms with Crippen LogP contribution in [0.5, 0.6) is 0 Å². The SMILES string of the molecule is CCOC(=O)C(CCNCc1ccccc1)NC(=O)c1ccccc1. The molecule has 0 aliphatic rings. The fourth-order valence-corrected chi connectivity index (χ4v) is 2.40. The van der Waals surface area contributed by atoms with Crippen molar-refractivity contribution in [1.82, 2.24) is 10.6 Å². The van der Waals surface area contributed by atoms with Crippen molar-refractivity contribution in [3.05, 3.63) is 71.8 Å². The Morgan fingerprint density at radius 2 is 1.64 bits per heavy atom. The summed E-state index contributed by atoms with van der Waals surface area (Å²) in [6.45, 7) is 3.34. The molecule has 0 aromatic heterocycles. The van der Waals surface area contributed by atoms with Crippen molar-refractivity contribution in [3.8, 4) is 0 Å². The number of benzene rings is 2. The molecule has 0 spiro atoms. The van der Waals surface area contributed by atoms with Crippen molar-refractivity contribution in [3.63, 3.8) is 0 Å². The van der Waals surface area contributed by atoms with E-state index in [9.17, 15) is 9.59 Å². The van der Waals surface area contributed by atoms with E-state index in [1.54, 1.807) is 31.2 Å². The molecule has 0 radical (unpaired) electrons. The summed E-state index contributed by atoms with van der Waals surface area (Å²) in [5, 5.41) is 6.05. The average Bonchev–Trinajstić information content (AvgIpc) is 2.65. The van der Waals surface area contributed by atoms with Crippen molar-refractivity contribution in [2.24, 2.45) is 0 Å². The largest absolute Gasteiger partial charge is 0.464 e. The third-order valence-electron chi connectivity index (χ3n) is 3.69. The number of hydrogen-bond acceptors (Lipinski definition) is 4. The highest BCUT2D eigenvalue weighted by Gasteiger charge is 2.22. The lowest BCUT2D eigenvalue weighted by Gasteiger charge is -2.17. The van der Waals surface area contributed by atoms with Crippen LogP contribution in [0.4, 0.5) is 0 Å². The van der Waals surface area contributed by atoms with Gasteiger partial charge in [0.1, 0.15) is 6.04 Å². The number of carbonyl (C=O) groups excluding carboxylic acids is 2. The second kappa shape index (κ2) is 10.3. The lowest BCUT2D eigenvalue weighted by molar-refractivity contribution is -0.145. The van der Waals surface area contributed by atoms with Gasteiger partial charge in [0.25, 0.3) is 5.91 Å². The number of carbonyl (C=O) groups is 2. The van der Waals surface area contributed by atoms with E-state index in [1.807, 2.05) is 36.4 Å². The van der Waals surface area contributed by atoms with Gasteiger partial charge in [-0.2, -0.15) is 0 Å². The molecular weight excluding hydrogens is 316 g/mol. The molecule has 2 aromatic rings. The number of hydrogen-bond donors (Lipinski definition) is 2. The molecule has 0 aliphatic heterocycles. The van der Waals surface area contributed by atoms with Crippen molar-refractivity contribution in [2.45, 2.75) is 25.9 Å². The van der Waals surface area contributed by atoms with Crippen LogP contribution in [0.15, 0.2) is 60.7 Å². The minimum absolute atomic E-state index is 0.276. The summed E-state index contributed by atoms with van der Waals surface area (Å²) >= 11 is 0. The summed E-state index contributed by atoms with van der Waals surface area (Å²) in [6.07, 6.45) is 0.463. The quantitative estimate of drug-likeness (QED) is 0.544. The minimum Gasteiger partial charge on any atom is -0.464 e. The molecule has 1 atom stereocenters. The van der Waals surface area contributed by atoms with Crippen LogP contribution in [0.25, 0.3) is 0 Å². The van der Waals surface area contributed by atoms with Gasteiger partial charge in [0, 0.05) is 12.1 Å². The van der Waals surface area contributed by atoms with Crippen molar-refractivity contribution in [2.75, 3.05) is 13.2 Å². The molecule has 0 bridgehead atoms. The van der Waals surface area contributed by atoms with Gasteiger partial charge in [0.05, 0.1) is 6.61 Å².